The van der Waals surface area contributed by atoms with Crippen molar-refractivity contribution in [3.05, 3.63) is 39.9 Å². The summed E-state index contributed by atoms with van der Waals surface area (Å²) < 4.78 is 5.41. The van der Waals surface area contributed by atoms with Gasteiger partial charge in [-0.25, -0.2) is 0 Å². The van der Waals surface area contributed by atoms with Crippen LogP contribution in [0.25, 0.3) is 0 Å². The molecule has 7 heteroatoms. The maximum atomic E-state index is 13.0. The van der Waals surface area contributed by atoms with Crippen molar-refractivity contribution < 1.29 is 14.5 Å². The average Bonchev–Trinajstić information content (AvgIpc) is 2.51. The first kappa shape index (κ1) is 22.4. The van der Waals surface area contributed by atoms with Gasteiger partial charge in [0.25, 0.3) is 5.69 Å². The highest BCUT2D eigenvalue weighted by atomic mass is 35.5. The van der Waals surface area contributed by atoms with E-state index in [9.17, 15) is 14.9 Å². The number of carbonyl (C=O) groups excluding carboxylic acids is 1. The van der Waals surface area contributed by atoms with Crippen LogP contribution in [0.1, 0.15) is 53.0 Å². The average molecular weight is 385 g/mol. The SMILES string of the molecule is CCOC(=O)C1(c2cccc([N+](=O)[O-])c2)CCC1N(C(C)C)C(C)C.Cl. The molecule has 1 aliphatic carbocycles. The first-order chi connectivity index (χ1) is 11.8. The van der Waals surface area contributed by atoms with Crippen LogP contribution in [0.2, 0.25) is 0 Å². The summed E-state index contributed by atoms with van der Waals surface area (Å²) in [5.74, 6) is -0.280. The van der Waals surface area contributed by atoms with Gasteiger partial charge in [0.1, 0.15) is 5.41 Å². The van der Waals surface area contributed by atoms with Crippen molar-refractivity contribution in [1.82, 2.24) is 4.90 Å². The minimum Gasteiger partial charge on any atom is -0.465 e. The number of esters is 1. The molecule has 0 aliphatic heterocycles. The fourth-order valence-electron chi connectivity index (χ4n) is 4.13. The maximum Gasteiger partial charge on any atom is 0.318 e. The zero-order valence-electron chi connectivity index (χ0n) is 16.1. The van der Waals surface area contributed by atoms with Crippen molar-refractivity contribution in [2.45, 2.75) is 71.0 Å². The summed E-state index contributed by atoms with van der Waals surface area (Å²) in [5, 5.41) is 11.2. The molecule has 1 fully saturated rings. The van der Waals surface area contributed by atoms with Crippen LogP contribution in [0.5, 0.6) is 0 Å². The third-order valence-corrected chi connectivity index (χ3v) is 5.15. The minimum absolute atomic E-state index is 0. The molecule has 0 spiro atoms. The molecule has 146 valence electrons. The molecule has 0 aromatic heterocycles. The summed E-state index contributed by atoms with van der Waals surface area (Å²) in [6, 6.07) is 6.96. The van der Waals surface area contributed by atoms with Crippen LogP contribution in [0.4, 0.5) is 5.69 Å². The van der Waals surface area contributed by atoms with Crippen LogP contribution in [-0.4, -0.2) is 40.5 Å². The third-order valence-electron chi connectivity index (χ3n) is 5.15. The Morgan fingerprint density at radius 3 is 2.38 bits per heavy atom. The Balaban J connectivity index is 0.00000338. The second-order valence-electron chi connectivity index (χ2n) is 7.19. The molecule has 2 unspecified atom stereocenters. The van der Waals surface area contributed by atoms with Gasteiger partial charge in [-0.3, -0.25) is 19.8 Å². The maximum absolute atomic E-state index is 13.0. The molecule has 1 aromatic carbocycles. The van der Waals surface area contributed by atoms with Crippen molar-refractivity contribution in [2.75, 3.05) is 6.61 Å². The lowest BCUT2D eigenvalue weighted by Crippen LogP contribution is -2.65. The van der Waals surface area contributed by atoms with Gasteiger partial charge in [-0.05, 0) is 53.0 Å². The number of nitrogens with zero attached hydrogens (tertiary/aromatic N) is 2. The standard InChI is InChI=1S/C19H28N2O4.ClH/c1-6-25-18(22)19(15-8-7-9-16(12-15)21(23)24)11-10-17(19)20(13(2)3)14(4)5;/h7-9,12-14,17H,6,10-11H2,1-5H3;1H. The predicted molar refractivity (Wildman–Crippen MR) is 104 cm³/mol. The van der Waals surface area contributed by atoms with Gasteiger partial charge >= 0.3 is 5.97 Å². The number of hydrogen-bond acceptors (Lipinski definition) is 5. The first-order valence-corrected chi connectivity index (χ1v) is 8.95. The molecule has 0 heterocycles. The van der Waals surface area contributed by atoms with E-state index in [0.29, 0.717) is 18.6 Å². The van der Waals surface area contributed by atoms with E-state index >= 15 is 0 Å². The van der Waals surface area contributed by atoms with Crippen LogP contribution >= 0.6 is 12.4 Å². The highest BCUT2D eigenvalue weighted by Crippen LogP contribution is 2.49. The largest absolute Gasteiger partial charge is 0.465 e. The molecule has 1 aromatic rings. The lowest BCUT2D eigenvalue weighted by atomic mass is 9.59. The van der Waals surface area contributed by atoms with Gasteiger partial charge in [0, 0.05) is 30.3 Å². The van der Waals surface area contributed by atoms with Gasteiger partial charge in [-0.1, -0.05) is 12.1 Å². The highest BCUT2D eigenvalue weighted by molar-refractivity contribution is 5.86. The number of carbonyl (C=O) groups is 1. The summed E-state index contributed by atoms with van der Waals surface area (Å²) in [6.45, 7) is 10.5. The number of non-ortho nitro benzene ring substituents is 1. The van der Waals surface area contributed by atoms with E-state index in [2.05, 4.69) is 32.6 Å². The molecule has 0 N–H and O–H groups in total. The van der Waals surface area contributed by atoms with Crippen molar-refractivity contribution in [3.8, 4) is 0 Å². The molecule has 0 bridgehead atoms. The van der Waals surface area contributed by atoms with Crippen molar-refractivity contribution in [2.24, 2.45) is 0 Å². The highest BCUT2D eigenvalue weighted by Gasteiger charge is 2.58. The van der Waals surface area contributed by atoms with Crippen molar-refractivity contribution in [1.29, 1.82) is 0 Å². The van der Waals surface area contributed by atoms with Crippen molar-refractivity contribution in [3.63, 3.8) is 0 Å². The molecule has 6 nitrogen and oxygen atoms in total. The first-order valence-electron chi connectivity index (χ1n) is 8.95. The smallest absolute Gasteiger partial charge is 0.318 e. The fraction of sp³-hybridized carbons (Fsp3) is 0.632. The molecule has 1 saturated carbocycles. The van der Waals surface area contributed by atoms with Crippen LogP contribution in [0, 0.1) is 10.1 Å². The molecule has 0 amide bonds. The molecule has 2 rings (SSSR count). The number of benzene rings is 1. The van der Waals surface area contributed by atoms with Gasteiger partial charge in [0.15, 0.2) is 0 Å². The quantitative estimate of drug-likeness (QED) is 0.402. The molecule has 1 aliphatic rings. The number of nitro benzene ring substituents is 1. The Morgan fingerprint density at radius 2 is 1.96 bits per heavy atom. The molecule has 2 atom stereocenters. The lowest BCUT2D eigenvalue weighted by molar-refractivity contribution is -0.385. The number of ether oxygens (including phenoxy) is 1. The zero-order valence-corrected chi connectivity index (χ0v) is 16.9. The van der Waals surface area contributed by atoms with E-state index in [-0.39, 0.29) is 42.2 Å². The number of nitro groups is 1. The Kier molecular flexibility index (Phi) is 7.59. The summed E-state index contributed by atoms with van der Waals surface area (Å²) in [5.41, 5.74) is -0.147. The number of rotatable bonds is 7. The molecular weight excluding hydrogens is 356 g/mol. The Morgan fingerprint density at radius 1 is 1.35 bits per heavy atom. The van der Waals surface area contributed by atoms with Crippen LogP contribution in [0.3, 0.4) is 0 Å². The van der Waals surface area contributed by atoms with Crippen LogP contribution < -0.4 is 0 Å². The van der Waals surface area contributed by atoms with Gasteiger partial charge in [0.2, 0.25) is 0 Å². The zero-order chi connectivity index (χ0) is 18.8. The van der Waals surface area contributed by atoms with E-state index in [0.717, 1.165) is 6.42 Å². The molecule has 0 saturated heterocycles. The summed E-state index contributed by atoms with van der Waals surface area (Å²) in [7, 11) is 0. The summed E-state index contributed by atoms with van der Waals surface area (Å²) in [4.78, 5) is 26.1. The minimum atomic E-state index is -0.837. The van der Waals surface area contributed by atoms with Crippen molar-refractivity contribution >= 4 is 24.1 Å². The summed E-state index contributed by atoms with van der Waals surface area (Å²) >= 11 is 0. The fourth-order valence-corrected chi connectivity index (χ4v) is 4.13. The van der Waals surface area contributed by atoms with Crippen LogP contribution in [0.15, 0.2) is 24.3 Å². The third kappa shape index (κ3) is 3.86. The van der Waals surface area contributed by atoms with Gasteiger partial charge < -0.3 is 4.74 Å². The van der Waals surface area contributed by atoms with E-state index in [1.165, 1.54) is 12.1 Å². The van der Waals surface area contributed by atoms with Gasteiger partial charge in [-0.15, -0.1) is 12.4 Å². The number of halogens is 1. The monoisotopic (exact) mass is 384 g/mol. The van der Waals surface area contributed by atoms with Gasteiger partial charge in [-0.2, -0.15) is 0 Å². The van der Waals surface area contributed by atoms with Crippen LogP contribution in [-0.2, 0) is 14.9 Å². The normalized spacial score (nSPS) is 22.1. The second-order valence-corrected chi connectivity index (χ2v) is 7.19. The summed E-state index contributed by atoms with van der Waals surface area (Å²) in [6.07, 6.45) is 1.52. The molecule has 26 heavy (non-hydrogen) atoms. The Bertz CT molecular complexity index is 642. The van der Waals surface area contributed by atoms with E-state index in [4.69, 9.17) is 4.74 Å². The van der Waals surface area contributed by atoms with E-state index < -0.39 is 10.3 Å². The topological polar surface area (TPSA) is 72.7 Å². The molecule has 0 radical (unpaired) electrons. The van der Waals surface area contributed by atoms with E-state index in [1.807, 2.05) is 6.07 Å². The Hall–Kier alpha value is -1.66. The number of hydrogen-bond donors (Lipinski definition) is 0. The van der Waals surface area contributed by atoms with E-state index in [1.54, 1.807) is 13.0 Å². The lowest BCUT2D eigenvalue weighted by Gasteiger charge is -2.55. The second kappa shape index (κ2) is 8.82. The molecular formula is C19H29ClN2O4. The predicted octanol–water partition coefficient (Wildman–Crippen LogP) is 4.10. The Labute approximate surface area is 161 Å². The van der Waals surface area contributed by atoms with Gasteiger partial charge in [0.05, 0.1) is 11.5 Å².